The van der Waals surface area contributed by atoms with Crippen LogP contribution in [-0.4, -0.2) is 28.9 Å². The lowest BCUT2D eigenvalue weighted by Crippen LogP contribution is -2.43. The average molecular weight is 283 g/mol. The molecule has 1 aliphatic heterocycles. The normalized spacial score (nSPS) is 14.1. The third-order valence-corrected chi connectivity index (χ3v) is 3.27. The van der Waals surface area contributed by atoms with Gasteiger partial charge in [-0.05, 0) is 18.6 Å². The Kier molecular flexibility index (Phi) is 3.13. The summed E-state index contributed by atoms with van der Waals surface area (Å²) in [4.78, 5) is 34.1. The van der Waals surface area contributed by atoms with E-state index < -0.39 is 5.91 Å². The molecule has 21 heavy (non-hydrogen) atoms. The Bertz CT molecular complexity index is 743. The number of carbonyl (C=O) groups excluding carboxylic acids is 2. The van der Waals surface area contributed by atoms with Crippen LogP contribution in [0.4, 0.5) is 5.95 Å². The van der Waals surface area contributed by atoms with Crippen LogP contribution in [0.25, 0.3) is 0 Å². The number of anilines is 1. The number of ether oxygens (including phenoxy) is 1. The Labute approximate surface area is 121 Å². The maximum atomic E-state index is 12.5. The fourth-order valence-corrected chi connectivity index (χ4v) is 2.29. The molecule has 3 rings (SSSR count). The highest BCUT2D eigenvalue weighted by molar-refractivity contribution is 6.23. The summed E-state index contributed by atoms with van der Waals surface area (Å²) < 4.78 is 5.07. The molecule has 6 nitrogen and oxygen atoms in total. The molecule has 0 aliphatic carbocycles. The molecule has 0 saturated carbocycles. The van der Waals surface area contributed by atoms with E-state index in [0.29, 0.717) is 17.1 Å². The van der Waals surface area contributed by atoms with Crippen LogP contribution >= 0.6 is 0 Å². The van der Waals surface area contributed by atoms with E-state index in [1.165, 1.54) is 7.11 Å². The second-order valence-corrected chi connectivity index (χ2v) is 4.72. The number of rotatable bonds is 2. The average Bonchev–Trinajstić information content (AvgIpc) is 2.46. The lowest BCUT2D eigenvalue weighted by Gasteiger charge is -2.25. The van der Waals surface area contributed by atoms with E-state index in [9.17, 15) is 9.59 Å². The fourth-order valence-electron chi connectivity index (χ4n) is 2.29. The van der Waals surface area contributed by atoms with Crippen molar-refractivity contribution >= 4 is 17.8 Å². The second-order valence-electron chi connectivity index (χ2n) is 4.72. The van der Waals surface area contributed by atoms with Gasteiger partial charge in [0.25, 0.3) is 5.91 Å². The van der Waals surface area contributed by atoms with Gasteiger partial charge in [0.15, 0.2) is 0 Å². The summed E-state index contributed by atoms with van der Waals surface area (Å²) in [6, 6.07) is 8.68. The number of methoxy groups -OCH3 is 1. The lowest BCUT2D eigenvalue weighted by atomic mass is 9.99. The van der Waals surface area contributed by atoms with Gasteiger partial charge < -0.3 is 4.74 Å². The van der Waals surface area contributed by atoms with Gasteiger partial charge in [-0.15, -0.1) is 0 Å². The van der Waals surface area contributed by atoms with Gasteiger partial charge in [-0.3, -0.25) is 9.59 Å². The first kappa shape index (κ1) is 13.2. The van der Waals surface area contributed by atoms with Crippen molar-refractivity contribution in [2.45, 2.75) is 13.3 Å². The zero-order chi connectivity index (χ0) is 15.0. The van der Waals surface area contributed by atoms with Crippen LogP contribution in [0.3, 0.4) is 0 Å². The predicted octanol–water partition coefficient (Wildman–Crippen LogP) is 1.52. The van der Waals surface area contributed by atoms with Gasteiger partial charge >= 0.3 is 0 Å². The maximum absolute atomic E-state index is 12.5. The summed E-state index contributed by atoms with van der Waals surface area (Å²) in [7, 11) is 1.47. The van der Waals surface area contributed by atoms with E-state index in [1.54, 1.807) is 37.3 Å². The summed E-state index contributed by atoms with van der Waals surface area (Å²) in [5, 5.41) is 0. The number of aryl methyl sites for hydroxylation is 1. The molecule has 0 fully saturated rings. The second kappa shape index (κ2) is 4.97. The summed E-state index contributed by atoms with van der Waals surface area (Å²) in [5.41, 5.74) is 1.85. The Morgan fingerprint density at radius 1 is 1.19 bits per heavy atom. The van der Waals surface area contributed by atoms with Crippen LogP contribution in [0.2, 0.25) is 0 Å². The molecule has 0 bridgehead atoms. The third kappa shape index (κ3) is 2.24. The number of hydrogen-bond donors (Lipinski definition) is 0. The molecule has 1 aromatic carbocycles. The molecular weight excluding hydrogens is 270 g/mol. The van der Waals surface area contributed by atoms with Crippen LogP contribution < -0.4 is 9.64 Å². The van der Waals surface area contributed by atoms with E-state index in [4.69, 9.17) is 4.74 Å². The molecule has 1 aromatic heterocycles. The van der Waals surface area contributed by atoms with Crippen molar-refractivity contribution in [3.8, 4) is 5.88 Å². The molecule has 2 aromatic rings. The van der Waals surface area contributed by atoms with Crippen molar-refractivity contribution in [1.29, 1.82) is 0 Å². The highest BCUT2D eigenvalue weighted by Crippen LogP contribution is 2.24. The smallest absolute Gasteiger partial charge is 0.267 e. The zero-order valence-electron chi connectivity index (χ0n) is 11.7. The van der Waals surface area contributed by atoms with Gasteiger partial charge in [0, 0.05) is 17.3 Å². The number of amides is 2. The van der Waals surface area contributed by atoms with Crippen LogP contribution in [0.5, 0.6) is 5.88 Å². The summed E-state index contributed by atoms with van der Waals surface area (Å²) >= 11 is 0. The van der Waals surface area contributed by atoms with Crippen LogP contribution in [0.1, 0.15) is 21.6 Å². The first-order valence-electron chi connectivity index (χ1n) is 6.45. The molecule has 2 amide bonds. The van der Waals surface area contributed by atoms with E-state index >= 15 is 0 Å². The summed E-state index contributed by atoms with van der Waals surface area (Å²) in [6.07, 6.45) is 0.154. The van der Waals surface area contributed by atoms with E-state index in [-0.39, 0.29) is 18.3 Å². The fraction of sp³-hybridized carbons (Fsp3) is 0.200. The monoisotopic (exact) mass is 283 g/mol. The minimum Gasteiger partial charge on any atom is -0.481 e. The number of nitrogens with zero attached hydrogens (tertiary/aromatic N) is 3. The molecule has 6 heteroatoms. The number of hydrogen-bond acceptors (Lipinski definition) is 5. The van der Waals surface area contributed by atoms with Gasteiger partial charge in [0.2, 0.25) is 17.7 Å². The predicted molar refractivity (Wildman–Crippen MR) is 75.3 cm³/mol. The summed E-state index contributed by atoms with van der Waals surface area (Å²) in [6.45, 7) is 1.75. The first-order chi connectivity index (χ1) is 10.1. The van der Waals surface area contributed by atoms with Crippen molar-refractivity contribution < 1.29 is 14.3 Å². The number of carbonyl (C=O) groups is 2. The van der Waals surface area contributed by atoms with Crippen LogP contribution in [0.15, 0.2) is 30.3 Å². The van der Waals surface area contributed by atoms with Gasteiger partial charge in [-0.1, -0.05) is 18.2 Å². The molecular formula is C15H13N3O3. The number of imide groups is 1. The van der Waals surface area contributed by atoms with Gasteiger partial charge in [-0.2, -0.15) is 4.98 Å². The lowest BCUT2D eigenvalue weighted by molar-refractivity contribution is -0.117. The minimum atomic E-state index is -0.408. The molecule has 0 N–H and O–H groups in total. The van der Waals surface area contributed by atoms with Gasteiger partial charge in [0.05, 0.1) is 13.5 Å². The Morgan fingerprint density at radius 2 is 1.95 bits per heavy atom. The van der Waals surface area contributed by atoms with Gasteiger partial charge in [0.1, 0.15) is 0 Å². The quantitative estimate of drug-likeness (QED) is 0.781. The van der Waals surface area contributed by atoms with Crippen molar-refractivity contribution in [2.24, 2.45) is 0 Å². The van der Waals surface area contributed by atoms with Crippen LogP contribution in [-0.2, 0) is 11.2 Å². The van der Waals surface area contributed by atoms with Crippen molar-refractivity contribution in [3.63, 3.8) is 0 Å². The van der Waals surface area contributed by atoms with Crippen molar-refractivity contribution in [2.75, 3.05) is 12.0 Å². The standard InChI is InChI=1S/C15H13N3O3/c1-9-7-12(21-2)17-15(16-9)18-13(19)8-10-5-3-4-6-11(10)14(18)20/h3-7H,8H2,1-2H3. The molecule has 0 atom stereocenters. The van der Waals surface area contributed by atoms with E-state index in [1.807, 2.05) is 0 Å². The SMILES string of the molecule is COc1cc(C)nc(N2C(=O)Cc3ccccc3C2=O)n1. The maximum Gasteiger partial charge on any atom is 0.267 e. The Morgan fingerprint density at radius 3 is 2.71 bits per heavy atom. The molecule has 0 spiro atoms. The minimum absolute atomic E-state index is 0.0522. The largest absolute Gasteiger partial charge is 0.481 e. The third-order valence-electron chi connectivity index (χ3n) is 3.27. The van der Waals surface area contributed by atoms with Gasteiger partial charge in [-0.25, -0.2) is 9.88 Å². The molecule has 0 unspecified atom stereocenters. The molecule has 2 heterocycles. The zero-order valence-corrected chi connectivity index (χ0v) is 11.7. The topological polar surface area (TPSA) is 72.4 Å². The molecule has 0 radical (unpaired) electrons. The van der Waals surface area contributed by atoms with Crippen LogP contribution in [0, 0.1) is 6.92 Å². The molecule has 0 saturated heterocycles. The van der Waals surface area contributed by atoms with Crippen molar-refractivity contribution in [1.82, 2.24) is 9.97 Å². The highest BCUT2D eigenvalue weighted by atomic mass is 16.5. The van der Waals surface area contributed by atoms with Crippen molar-refractivity contribution in [3.05, 3.63) is 47.2 Å². The Balaban J connectivity index is 2.09. The summed E-state index contributed by atoms with van der Waals surface area (Å²) in [5.74, 6) is -0.380. The number of aromatic nitrogens is 2. The number of benzene rings is 1. The molecule has 1 aliphatic rings. The Hall–Kier alpha value is -2.76. The number of fused-ring (bicyclic) bond motifs is 1. The highest BCUT2D eigenvalue weighted by Gasteiger charge is 2.33. The molecule has 106 valence electrons. The van der Waals surface area contributed by atoms with E-state index in [2.05, 4.69) is 9.97 Å². The first-order valence-corrected chi connectivity index (χ1v) is 6.45. The van der Waals surface area contributed by atoms with E-state index in [0.717, 1.165) is 10.5 Å².